The number of H-pyrrole nitrogens is 1. The smallest absolute Gasteiger partial charge is 0.256 e. The van der Waals surface area contributed by atoms with Crippen molar-refractivity contribution in [3.05, 3.63) is 46.3 Å². The van der Waals surface area contributed by atoms with Gasteiger partial charge in [-0.3, -0.25) is 19.3 Å². The number of aromatic amines is 1. The van der Waals surface area contributed by atoms with Crippen LogP contribution in [0.1, 0.15) is 32.9 Å². The van der Waals surface area contributed by atoms with Crippen molar-refractivity contribution in [2.24, 2.45) is 0 Å². The number of amides is 3. The van der Waals surface area contributed by atoms with Crippen LogP contribution in [0.2, 0.25) is 0 Å². The number of nitrogens with zero attached hydrogens (tertiary/aromatic N) is 2. The van der Waals surface area contributed by atoms with Gasteiger partial charge in [0.05, 0.1) is 24.4 Å². The summed E-state index contributed by atoms with van der Waals surface area (Å²) in [6.45, 7) is 7.44. The van der Waals surface area contributed by atoms with E-state index in [1.807, 2.05) is 11.8 Å². The molecule has 2 aromatic rings. The minimum absolute atomic E-state index is 0.0386. The SMILES string of the molecule is Cc1c(/C=C2/C(=O)Nc3ccc(NC=O)cc32)[nH]c2c1C(=O)N(CCN1CCOCC1)CC2. The van der Waals surface area contributed by atoms with Crippen LogP contribution in [-0.4, -0.2) is 78.9 Å². The van der Waals surface area contributed by atoms with Crippen molar-refractivity contribution in [3.63, 3.8) is 0 Å². The van der Waals surface area contributed by atoms with Gasteiger partial charge in [-0.05, 0) is 36.8 Å². The molecule has 9 nitrogen and oxygen atoms in total. The Hall–Kier alpha value is -3.43. The van der Waals surface area contributed by atoms with Gasteiger partial charge in [0.2, 0.25) is 6.41 Å². The minimum Gasteiger partial charge on any atom is -0.379 e. The fourth-order valence-corrected chi connectivity index (χ4v) is 4.74. The molecule has 33 heavy (non-hydrogen) atoms. The van der Waals surface area contributed by atoms with E-state index in [0.29, 0.717) is 42.0 Å². The predicted molar refractivity (Wildman–Crippen MR) is 125 cm³/mol. The quantitative estimate of drug-likeness (QED) is 0.460. The van der Waals surface area contributed by atoms with E-state index < -0.39 is 0 Å². The number of nitrogens with one attached hydrogen (secondary N) is 3. The highest BCUT2D eigenvalue weighted by Crippen LogP contribution is 2.36. The van der Waals surface area contributed by atoms with Crippen LogP contribution in [0.5, 0.6) is 0 Å². The summed E-state index contributed by atoms with van der Waals surface area (Å²) in [5, 5.41) is 5.47. The molecule has 3 amide bonds. The molecule has 0 saturated carbocycles. The summed E-state index contributed by atoms with van der Waals surface area (Å²) < 4.78 is 5.40. The molecule has 0 spiro atoms. The summed E-state index contributed by atoms with van der Waals surface area (Å²) in [7, 11) is 0. The van der Waals surface area contributed by atoms with Crippen LogP contribution in [0.15, 0.2) is 18.2 Å². The van der Waals surface area contributed by atoms with Crippen LogP contribution < -0.4 is 10.6 Å². The third-order valence-corrected chi connectivity index (χ3v) is 6.61. The van der Waals surface area contributed by atoms with Gasteiger partial charge in [-0.1, -0.05) is 0 Å². The summed E-state index contributed by atoms with van der Waals surface area (Å²) in [6.07, 6.45) is 3.16. The fourth-order valence-electron chi connectivity index (χ4n) is 4.74. The second kappa shape index (κ2) is 8.84. The molecule has 3 aliphatic rings. The van der Waals surface area contributed by atoms with E-state index in [0.717, 1.165) is 61.8 Å². The lowest BCUT2D eigenvalue weighted by atomic mass is 10.0. The topological polar surface area (TPSA) is 107 Å². The van der Waals surface area contributed by atoms with Gasteiger partial charge in [0.15, 0.2) is 0 Å². The van der Waals surface area contributed by atoms with Crippen molar-refractivity contribution in [2.45, 2.75) is 13.3 Å². The van der Waals surface area contributed by atoms with Crippen LogP contribution in [0.4, 0.5) is 11.4 Å². The molecule has 5 rings (SSSR count). The maximum atomic E-state index is 13.3. The standard InChI is InChI=1S/C24H27N5O4/c1-15-21(13-18-17-12-16(25-14-30)2-3-19(17)27-23(18)31)26-20-4-5-29(24(32)22(15)20)7-6-28-8-10-33-11-9-28/h2-3,12-14,26H,4-11H2,1H3,(H,25,30)(H,27,31)/b18-13+. The largest absolute Gasteiger partial charge is 0.379 e. The lowest BCUT2D eigenvalue weighted by molar-refractivity contribution is -0.110. The Kier molecular flexibility index (Phi) is 5.74. The normalized spacial score (nSPS) is 19.4. The van der Waals surface area contributed by atoms with Gasteiger partial charge in [0, 0.05) is 67.5 Å². The first-order valence-electron chi connectivity index (χ1n) is 11.2. The zero-order chi connectivity index (χ0) is 22.9. The minimum atomic E-state index is -0.210. The van der Waals surface area contributed by atoms with Crippen LogP contribution in [0, 0.1) is 6.92 Å². The average Bonchev–Trinajstić information content (AvgIpc) is 3.31. The summed E-state index contributed by atoms with van der Waals surface area (Å²) in [5.41, 5.74) is 5.76. The molecule has 1 fully saturated rings. The van der Waals surface area contributed by atoms with Gasteiger partial charge in [0.25, 0.3) is 11.8 Å². The molecular formula is C24H27N5O4. The summed E-state index contributed by atoms with van der Waals surface area (Å²) in [4.78, 5) is 44.3. The second-order valence-corrected chi connectivity index (χ2v) is 8.55. The third-order valence-electron chi connectivity index (χ3n) is 6.61. The van der Waals surface area contributed by atoms with E-state index in [1.54, 1.807) is 24.3 Å². The maximum absolute atomic E-state index is 13.3. The number of anilines is 2. The van der Waals surface area contributed by atoms with E-state index >= 15 is 0 Å². The number of carbonyl (C=O) groups excluding carboxylic acids is 3. The van der Waals surface area contributed by atoms with Crippen molar-refractivity contribution >= 4 is 41.2 Å². The van der Waals surface area contributed by atoms with Crippen molar-refractivity contribution in [2.75, 3.05) is 56.6 Å². The number of ether oxygens (including phenoxy) is 1. The molecule has 3 N–H and O–H groups in total. The number of benzene rings is 1. The zero-order valence-corrected chi connectivity index (χ0v) is 18.6. The Labute approximate surface area is 191 Å². The number of hydrogen-bond donors (Lipinski definition) is 3. The maximum Gasteiger partial charge on any atom is 0.256 e. The molecule has 0 atom stereocenters. The highest BCUT2D eigenvalue weighted by atomic mass is 16.5. The van der Waals surface area contributed by atoms with Crippen molar-refractivity contribution < 1.29 is 19.1 Å². The first-order chi connectivity index (χ1) is 16.0. The first-order valence-corrected chi connectivity index (χ1v) is 11.2. The summed E-state index contributed by atoms with van der Waals surface area (Å²) >= 11 is 0. The van der Waals surface area contributed by atoms with Crippen LogP contribution in [-0.2, 0) is 20.7 Å². The van der Waals surface area contributed by atoms with Gasteiger partial charge in [0.1, 0.15) is 0 Å². The third kappa shape index (κ3) is 4.05. The zero-order valence-electron chi connectivity index (χ0n) is 18.6. The average molecular weight is 450 g/mol. The number of hydrogen-bond acceptors (Lipinski definition) is 5. The van der Waals surface area contributed by atoms with Crippen LogP contribution in [0.3, 0.4) is 0 Å². The number of carbonyl (C=O) groups is 3. The van der Waals surface area contributed by atoms with Gasteiger partial charge in [-0.15, -0.1) is 0 Å². The molecule has 3 aliphatic heterocycles. The molecule has 0 bridgehead atoms. The van der Waals surface area contributed by atoms with Crippen molar-refractivity contribution in [1.82, 2.24) is 14.8 Å². The predicted octanol–water partition coefficient (Wildman–Crippen LogP) is 1.71. The number of morpholine rings is 1. The molecule has 9 heteroatoms. The van der Waals surface area contributed by atoms with Gasteiger partial charge < -0.3 is 25.3 Å². The Morgan fingerprint density at radius 1 is 1.15 bits per heavy atom. The highest BCUT2D eigenvalue weighted by Gasteiger charge is 2.30. The molecule has 0 aliphatic carbocycles. The lowest BCUT2D eigenvalue weighted by Gasteiger charge is -2.32. The summed E-state index contributed by atoms with van der Waals surface area (Å²) in [6, 6.07) is 5.27. The van der Waals surface area contributed by atoms with Crippen molar-refractivity contribution in [3.8, 4) is 0 Å². The molecule has 0 radical (unpaired) electrons. The molecule has 172 valence electrons. The lowest BCUT2D eigenvalue weighted by Crippen LogP contribution is -2.45. The summed E-state index contributed by atoms with van der Waals surface area (Å²) in [5.74, 6) is -0.171. The Balaban J connectivity index is 1.39. The molecule has 4 heterocycles. The van der Waals surface area contributed by atoms with E-state index in [9.17, 15) is 14.4 Å². The Morgan fingerprint density at radius 3 is 2.76 bits per heavy atom. The monoisotopic (exact) mass is 449 g/mol. The van der Waals surface area contributed by atoms with E-state index in [1.165, 1.54) is 0 Å². The van der Waals surface area contributed by atoms with Crippen LogP contribution in [0.25, 0.3) is 11.6 Å². The Bertz CT molecular complexity index is 1150. The van der Waals surface area contributed by atoms with Crippen LogP contribution >= 0.6 is 0 Å². The Morgan fingerprint density at radius 2 is 1.97 bits per heavy atom. The van der Waals surface area contributed by atoms with E-state index in [4.69, 9.17) is 4.74 Å². The highest BCUT2D eigenvalue weighted by molar-refractivity contribution is 6.35. The second-order valence-electron chi connectivity index (χ2n) is 8.55. The van der Waals surface area contributed by atoms with E-state index in [-0.39, 0.29) is 11.8 Å². The van der Waals surface area contributed by atoms with Crippen molar-refractivity contribution in [1.29, 1.82) is 0 Å². The molecule has 1 aromatic heterocycles. The molecule has 1 saturated heterocycles. The fraction of sp³-hybridized carbons (Fsp3) is 0.375. The first kappa shape index (κ1) is 21.4. The number of aromatic nitrogens is 1. The molecular weight excluding hydrogens is 422 g/mol. The molecule has 0 unspecified atom stereocenters. The number of rotatable bonds is 6. The van der Waals surface area contributed by atoms with Gasteiger partial charge in [-0.2, -0.15) is 0 Å². The molecule has 1 aromatic carbocycles. The van der Waals surface area contributed by atoms with Gasteiger partial charge >= 0.3 is 0 Å². The number of fused-ring (bicyclic) bond motifs is 2. The van der Waals surface area contributed by atoms with Gasteiger partial charge in [-0.25, -0.2) is 0 Å². The van der Waals surface area contributed by atoms with E-state index in [2.05, 4.69) is 20.5 Å².